The van der Waals surface area contributed by atoms with Crippen LogP contribution in [-0.4, -0.2) is 52.3 Å². The van der Waals surface area contributed by atoms with Gasteiger partial charge in [-0.05, 0) is 31.0 Å². The number of thiazole rings is 1. The maximum absolute atomic E-state index is 13.4. The second kappa shape index (κ2) is 8.71. The number of amides is 2. The summed E-state index contributed by atoms with van der Waals surface area (Å²) >= 11 is 7.80. The van der Waals surface area contributed by atoms with Gasteiger partial charge in [-0.3, -0.25) is 9.59 Å². The Kier molecular flexibility index (Phi) is 6.06. The van der Waals surface area contributed by atoms with E-state index >= 15 is 0 Å². The molecule has 2 amide bonds. The van der Waals surface area contributed by atoms with Gasteiger partial charge in [-0.25, -0.2) is 4.98 Å². The molecule has 1 aromatic heterocycles. The number of halogens is 1. The summed E-state index contributed by atoms with van der Waals surface area (Å²) in [4.78, 5) is 33.1. The van der Waals surface area contributed by atoms with Crippen molar-refractivity contribution < 1.29 is 14.3 Å². The van der Waals surface area contributed by atoms with E-state index in [2.05, 4.69) is 4.98 Å². The topological polar surface area (TPSA) is 62.7 Å². The fourth-order valence-corrected chi connectivity index (χ4v) is 5.02. The Morgan fingerprint density at radius 1 is 1.21 bits per heavy atom. The zero-order chi connectivity index (χ0) is 20.4. The number of carbonyl (C=O) groups excluding carboxylic acids is 2. The first kappa shape index (κ1) is 20.2. The van der Waals surface area contributed by atoms with Crippen LogP contribution in [0.3, 0.4) is 0 Å². The number of nitrogens with zero attached hydrogens (tertiary/aromatic N) is 3. The number of likely N-dealkylation sites (tertiary alicyclic amines) is 2. The van der Waals surface area contributed by atoms with E-state index in [0.717, 1.165) is 30.7 Å². The lowest BCUT2D eigenvalue weighted by molar-refractivity contribution is -0.130. The van der Waals surface area contributed by atoms with Crippen LogP contribution in [0, 0.1) is 0 Å². The fraction of sp³-hybridized carbons (Fsp3) is 0.476. The molecule has 2 aliphatic heterocycles. The SMILES string of the molecule is CC(=O)N1CCC(Oc2ccc(Cl)cc2C(=O)N2CCC[C@H]2c2nccs2)CC1. The average Bonchev–Trinajstić information content (AvgIpc) is 3.40. The van der Waals surface area contributed by atoms with E-state index in [1.165, 1.54) is 0 Å². The number of aromatic nitrogens is 1. The van der Waals surface area contributed by atoms with Crippen LogP contribution in [0.15, 0.2) is 29.8 Å². The van der Waals surface area contributed by atoms with Crippen molar-refractivity contribution in [2.24, 2.45) is 0 Å². The number of hydrogen-bond acceptors (Lipinski definition) is 5. The van der Waals surface area contributed by atoms with Crippen LogP contribution in [0.2, 0.25) is 5.02 Å². The van der Waals surface area contributed by atoms with Crippen LogP contribution in [0.25, 0.3) is 0 Å². The zero-order valence-corrected chi connectivity index (χ0v) is 17.9. The second-order valence-corrected chi connectivity index (χ2v) is 8.85. The highest BCUT2D eigenvalue weighted by atomic mass is 35.5. The summed E-state index contributed by atoms with van der Waals surface area (Å²) in [7, 11) is 0. The van der Waals surface area contributed by atoms with E-state index in [-0.39, 0.29) is 24.0 Å². The van der Waals surface area contributed by atoms with Crippen molar-refractivity contribution in [2.45, 2.75) is 44.8 Å². The first-order valence-electron chi connectivity index (χ1n) is 9.95. The number of benzene rings is 1. The summed E-state index contributed by atoms with van der Waals surface area (Å²) in [6, 6.07) is 5.23. The number of rotatable bonds is 4. The molecule has 154 valence electrons. The average molecular weight is 434 g/mol. The third-order valence-corrected chi connectivity index (χ3v) is 6.71. The van der Waals surface area contributed by atoms with Gasteiger partial charge in [0.15, 0.2) is 0 Å². The lowest BCUT2D eigenvalue weighted by atomic mass is 10.1. The molecular formula is C21H24ClN3O3S. The molecule has 1 atom stereocenters. The molecule has 0 aliphatic carbocycles. The molecule has 2 aromatic rings. The van der Waals surface area contributed by atoms with E-state index in [1.807, 2.05) is 15.2 Å². The summed E-state index contributed by atoms with van der Waals surface area (Å²) < 4.78 is 6.22. The molecule has 2 fully saturated rings. The Labute approximate surface area is 179 Å². The van der Waals surface area contributed by atoms with Gasteiger partial charge in [-0.1, -0.05) is 11.6 Å². The minimum atomic E-state index is -0.0682. The first-order valence-corrected chi connectivity index (χ1v) is 11.2. The van der Waals surface area contributed by atoms with Crippen LogP contribution in [0.4, 0.5) is 0 Å². The third kappa shape index (κ3) is 4.41. The second-order valence-electron chi connectivity index (χ2n) is 7.49. The monoisotopic (exact) mass is 433 g/mol. The Morgan fingerprint density at radius 2 is 2.00 bits per heavy atom. The highest BCUT2D eigenvalue weighted by Crippen LogP contribution is 2.36. The molecule has 2 aliphatic rings. The number of piperidine rings is 1. The molecule has 8 heteroatoms. The van der Waals surface area contributed by atoms with Gasteiger partial charge in [-0.15, -0.1) is 11.3 Å². The Bertz CT molecular complexity index is 881. The van der Waals surface area contributed by atoms with Crippen molar-refractivity contribution in [3.8, 4) is 5.75 Å². The predicted octanol–water partition coefficient (Wildman–Crippen LogP) is 4.16. The number of hydrogen-bond donors (Lipinski definition) is 0. The number of carbonyl (C=O) groups is 2. The predicted molar refractivity (Wildman–Crippen MR) is 112 cm³/mol. The smallest absolute Gasteiger partial charge is 0.258 e. The van der Waals surface area contributed by atoms with Gasteiger partial charge in [0, 0.05) is 56.0 Å². The lowest BCUT2D eigenvalue weighted by Crippen LogP contribution is -2.41. The van der Waals surface area contributed by atoms with Gasteiger partial charge in [-0.2, -0.15) is 0 Å². The van der Waals surface area contributed by atoms with Crippen LogP contribution >= 0.6 is 22.9 Å². The van der Waals surface area contributed by atoms with E-state index in [9.17, 15) is 9.59 Å². The quantitative estimate of drug-likeness (QED) is 0.726. The Balaban J connectivity index is 1.52. The lowest BCUT2D eigenvalue weighted by Gasteiger charge is -2.32. The summed E-state index contributed by atoms with van der Waals surface area (Å²) in [5.41, 5.74) is 0.495. The van der Waals surface area contributed by atoms with Crippen molar-refractivity contribution in [3.05, 3.63) is 45.4 Å². The molecule has 0 radical (unpaired) electrons. The zero-order valence-electron chi connectivity index (χ0n) is 16.3. The molecule has 0 unspecified atom stereocenters. The molecule has 0 bridgehead atoms. The molecule has 4 rings (SSSR count). The minimum absolute atomic E-state index is 0.00753. The summed E-state index contributed by atoms with van der Waals surface area (Å²) in [6.45, 7) is 3.64. The van der Waals surface area contributed by atoms with Gasteiger partial charge in [0.25, 0.3) is 5.91 Å². The molecule has 2 saturated heterocycles. The highest BCUT2D eigenvalue weighted by molar-refractivity contribution is 7.09. The molecule has 3 heterocycles. The Hall–Kier alpha value is -2.12. The number of ether oxygens (including phenoxy) is 1. The third-order valence-electron chi connectivity index (χ3n) is 5.60. The summed E-state index contributed by atoms with van der Waals surface area (Å²) in [5, 5.41) is 3.42. The van der Waals surface area contributed by atoms with Gasteiger partial charge in [0.2, 0.25) is 5.91 Å². The maximum Gasteiger partial charge on any atom is 0.258 e. The largest absolute Gasteiger partial charge is 0.489 e. The van der Waals surface area contributed by atoms with Crippen molar-refractivity contribution in [2.75, 3.05) is 19.6 Å². The maximum atomic E-state index is 13.4. The van der Waals surface area contributed by atoms with Crippen LogP contribution in [0.5, 0.6) is 5.75 Å². The van der Waals surface area contributed by atoms with Gasteiger partial charge in [0.05, 0.1) is 11.6 Å². The van der Waals surface area contributed by atoms with E-state index in [1.54, 1.807) is 42.7 Å². The molecule has 29 heavy (non-hydrogen) atoms. The van der Waals surface area contributed by atoms with Gasteiger partial charge in [0.1, 0.15) is 16.9 Å². The minimum Gasteiger partial charge on any atom is -0.489 e. The molecule has 6 nitrogen and oxygen atoms in total. The molecule has 0 saturated carbocycles. The molecular weight excluding hydrogens is 410 g/mol. The van der Waals surface area contributed by atoms with E-state index in [4.69, 9.17) is 16.3 Å². The Morgan fingerprint density at radius 3 is 2.69 bits per heavy atom. The van der Waals surface area contributed by atoms with Crippen molar-refractivity contribution in [1.29, 1.82) is 0 Å². The fourth-order valence-electron chi connectivity index (χ4n) is 4.06. The standard InChI is InChI=1S/C21H24ClN3O3S/c1-14(26)24-10-6-16(7-11-24)28-19-5-4-15(22)13-17(19)21(27)25-9-2-3-18(25)20-23-8-12-29-20/h4-5,8,12-13,16,18H,2-3,6-7,9-11H2,1H3/t18-/m0/s1. The van der Waals surface area contributed by atoms with E-state index < -0.39 is 0 Å². The molecule has 1 aromatic carbocycles. The summed E-state index contributed by atoms with van der Waals surface area (Å²) in [6.07, 6.45) is 5.13. The first-order chi connectivity index (χ1) is 14.0. The van der Waals surface area contributed by atoms with Crippen LogP contribution in [0.1, 0.15) is 54.0 Å². The summed E-state index contributed by atoms with van der Waals surface area (Å²) in [5.74, 6) is 0.583. The van der Waals surface area contributed by atoms with Crippen LogP contribution in [-0.2, 0) is 4.79 Å². The normalized spacial score (nSPS) is 20.1. The highest BCUT2D eigenvalue weighted by Gasteiger charge is 2.34. The molecule has 0 spiro atoms. The van der Waals surface area contributed by atoms with Crippen molar-refractivity contribution >= 4 is 34.8 Å². The van der Waals surface area contributed by atoms with Gasteiger partial charge >= 0.3 is 0 Å². The van der Waals surface area contributed by atoms with Crippen molar-refractivity contribution in [1.82, 2.24) is 14.8 Å². The van der Waals surface area contributed by atoms with Crippen molar-refractivity contribution in [3.63, 3.8) is 0 Å². The molecule has 0 N–H and O–H groups in total. The van der Waals surface area contributed by atoms with E-state index in [0.29, 0.717) is 36.0 Å². The van der Waals surface area contributed by atoms with Gasteiger partial charge < -0.3 is 14.5 Å². The van der Waals surface area contributed by atoms with Crippen LogP contribution < -0.4 is 4.74 Å².